The Hall–Kier alpha value is -4.02. The van der Waals surface area contributed by atoms with Crippen LogP contribution >= 0.6 is 0 Å². The van der Waals surface area contributed by atoms with Crippen molar-refractivity contribution in [3.05, 3.63) is 71.6 Å². The molecule has 0 bridgehead atoms. The van der Waals surface area contributed by atoms with Crippen LogP contribution < -0.4 is 0 Å². The maximum absolute atomic E-state index is 12.4. The molecule has 0 N–H and O–H groups in total. The third-order valence-corrected chi connectivity index (χ3v) is 5.43. The highest BCUT2D eigenvalue weighted by atomic mass is 19.4. The molecule has 8 nitrogen and oxygen atoms in total. The van der Waals surface area contributed by atoms with E-state index in [1.165, 1.54) is 0 Å². The minimum absolute atomic E-state index is 0.0529. The molecule has 0 saturated heterocycles. The van der Waals surface area contributed by atoms with Crippen LogP contribution in [-0.4, -0.2) is 37.7 Å². The minimum Gasteiger partial charge on any atom is -0.387 e. The molecule has 0 fully saturated rings. The normalized spacial score (nSPS) is 12.5. The summed E-state index contributed by atoms with van der Waals surface area (Å²) in [5, 5.41) is 7.84. The number of ketones is 1. The standard InChI is InChI=1S/C26H26F3N5O3/c1-25(2,3)24-32-22(33-37-24)16-36-31-14-18-8-10-34-21(15-30-23(34)13-18)19-6-4-5-17(11-19)12-20(35)7-9-26(27,28)29/h4-6,8,10-11,13-15H,7,9,12,16H2,1-3H3/b31-14+. The number of alkyl halides is 3. The molecule has 11 heteroatoms. The van der Waals surface area contributed by atoms with E-state index in [-0.39, 0.29) is 18.4 Å². The first kappa shape index (κ1) is 26.1. The molecule has 0 radical (unpaired) electrons. The van der Waals surface area contributed by atoms with Crippen molar-refractivity contribution in [1.29, 1.82) is 0 Å². The number of aromatic nitrogens is 4. The van der Waals surface area contributed by atoms with Crippen molar-refractivity contribution in [3.63, 3.8) is 0 Å². The number of fused-ring (bicyclic) bond motifs is 1. The van der Waals surface area contributed by atoms with Crippen molar-refractivity contribution >= 4 is 17.6 Å². The van der Waals surface area contributed by atoms with Crippen molar-refractivity contribution in [3.8, 4) is 11.3 Å². The van der Waals surface area contributed by atoms with E-state index >= 15 is 0 Å². The smallest absolute Gasteiger partial charge is 0.387 e. The lowest BCUT2D eigenvalue weighted by molar-refractivity contribution is -0.143. The van der Waals surface area contributed by atoms with Crippen LogP contribution in [0.25, 0.3) is 16.9 Å². The highest BCUT2D eigenvalue weighted by molar-refractivity contribution is 5.82. The van der Waals surface area contributed by atoms with Gasteiger partial charge in [0.05, 0.1) is 24.5 Å². The van der Waals surface area contributed by atoms with Crippen molar-refractivity contribution < 1.29 is 27.3 Å². The van der Waals surface area contributed by atoms with E-state index < -0.39 is 24.8 Å². The van der Waals surface area contributed by atoms with Gasteiger partial charge in [-0.25, -0.2) is 4.98 Å². The summed E-state index contributed by atoms with van der Waals surface area (Å²) in [4.78, 5) is 26.0. The number of Topliss-reactive ketones (excluding diaryl/α,β-unsaturated/α-hetero) is 1. The lowest BCUT2D eigenvalue weighted by Gasteiger charge is -2.10. The molecule has 4 aromatic rings. The van der Waals surface area contributed by atoms with E-state index in [1.807, 2.05) is 49.6 Å². The van der Waals surface area contributed by atoms with Gasteiger partial charge in [0.2, 0.25) is 11.7 Å². The lowest BCUT2D eigenvalue weighted by atomic mass is 9.97. The van der Waals surface area contributed by atoms with Gasteiger partial charge in [-0.05, 0) is 23.8 Å². The Balaban J connectivity index is 1.40. The minimum atomic E-state index is -4.34. The molecule has 3 heterocycles. The Morgan fingerprint density at radius 2 is 2.00 bits per heavy atom. The first-order valence-electron chi connectivity index (χ1n) is 11.6. The average Bonchev–Trinajstić information content (AvgIpc) is 3.47. The predicted octanol–water partition coefficient (Wildman–Crippen LogP) is 5.69. The molecule has 0 atom stereocenters. The number of halogens is 3. The molecule has 0 aliphatic carbocycles. The molecule has 1 aromatic carbocycles. The van der Waals surface area contributed by atoms with E-state index in [0.29, 0.717) is 22.9 Å². The third kappa shape index (κ3) is 7.02. The van der Waals surface area contributed by atoms with E-state index in [9.17, 15) is 18.0 Å². The molecule has 37 heavy (non-hydrogen) atoms. The van der Waals surface area contributed by atoms with E-state index in [1.54, 1.807) is 30.6 Å². The number of imidazole rings is 1. The monoisotopic (exact) mass is 513 g/mol. The van der Waals surface area contributed by atoms with Crippen LogP contribution in [-0.2, 0) is 28.1 Å². The van der Waals surface area contributed by atoms with E-state index in [0.717, 1.165) is 16.8 Å². The van der Waals surface area contributed by atoms with Crippen LogP contribution in [0.1, 0.15) is 56.5 Å². The van der Waals surface area contributed by atoms with Gasteiger partial charge in [-0.2, -0.15) is 18.2 Å². The van der Waals surface area contributed by atoms with Crippen molar-refractivity contribution in [2.24, 2.45) is 5.16 Å². The molecular formula is C26H26F3N5O3. The second kappa shape index (κ2) is 10.5. The number of carbonyl (C=O) groups excluding carboxylic acids is 1. The second-order valence-electron chi connectivity index (χ2n) is 9.64. The number of nitrogens with zero attached hydrogens (tertiary/aromatic N) is 5. The molecule has 0 aliphatic heterocycles. The zero-order valence-corrected chi connectivity index (χ0v) is 20.6. The Labute approximate surface area is 211 Å². The van der Waals surface area contributed by atoms with Gasteiger partial charge >= 0.3 is 6.18 Å². The fourth-order valence-electron chi connectivity index (χ4n) is 3.54. The molecule has 0 unspecified atom stereocenters. The highest BCUT2D eigenvalue weighted by Gasteiger charge is 2.27. The van der Waals surface area contributed by atoms with Crippen LogP contribution in [0, 0.1) is 0 Å². The maximum Gasteiger partial charge on any atom is 0.389 e. The van der Waals surface area contributed by atoms with Gasteiger partial charge in [-0.3, -0.25) is 9.20 Å². The summed E-state index contributed by atoms with van der Waals surface area (Å²) in [7, 11) is 0. The zero-order valence-electron chi connectivity index (χ0n) is 20.6. The fourth-order valence-corrected chi connectivity index (χ4v) is 3.54. The third-order valence-electron chi connectivity index (χ3n) is 5.43. The predicted molar refractivity (Wildman–Crippen MR) is 130 cm³/mol. The number of hydrogen-bond donors (Lipinski definition) is 0. The lowest BCUT2D eigenvalue weighted by Crippen LogP contribution is -2.12. The first-order chi connectivity index (χ1) is 17.5. The van der Waals surface area contributed by atoms with Gasteiger partial charge in [0.1, 0.15) is 11.4 Å². The number of pyridine rings is 1. The molecule has 0 spiro atoms. The van der Waals surface area contributed by atoms with Gasteiger partial charge in [0.25, 0.3) is 0 Å². The molecule has 4 rings (SSSR count). The molecule has 0 saturated carbocycles. The van der Waals surface area contributed by atoms with Crippen LogP contribution in [0.5, 0.6) is 0 Å². The summed E-state index contributed by atoms with van der Waals surface area (Å²) < 4.78 is 44.3. The Morgan fingerprint density at radius 1 is 1.19 bits per heavy atom. The maximum atomic E-state index is 12.4. The Morgan fingerprint density at radius 3 is 2.73 bits per heavy atom. The summed E-state index contributed by atoms with van der Waals surface area (Å²) >= 11 is 0. The summed E-state index contributed by atoms with van der Waals surface area (Å²) in [6, 6.07) is 10.8. The summed E-state index contributed by atoms with van der Waals surface area (Å²) in [5.74, 6) is 0.474. The number of carbonyl (C=O) groups is 1. The van der Waals surface area contributed by atoms with Crippen LogP contribution in [0.15, 0.2) is 58.5 Å². The molecule has 194 valence electrons. The number of benzene rings is 1. The van der Waals surface area contributed by atoms with Gasteiger partial charge in [0.15, 0.2) is 6.61 Å². The molecule has 3 aromatic heterocycles. The molecular weight excluding hydrogens is 487 g/mol. The Bertz CT molecular complexity index is 1420. The first-order valence-corrected chi connectivity index (χ1v) is 11.6. The van der Waals surface area contributed by atoms with Crippen LogP contribution in [0.2, 0.25) is 0 Å². The molecule has 0 amide bonds. The summed E-state index contributed by atoms with van der Waals surface area (Å²) in [6.45, 7) is 5.99. The summed E-state index contributed by atoms with van der Waals surface area (Å²) in [6.07, 6.45) is -0.951. The van der Waals surface area contributed by atoms with Crippen molar-refractivity contribution in [2.45, 2.75) is 58.2 Å². The van der Waals surface area contributed by atoms with Gasteiger partial charge in [-0.15, -0.1) is 0 Å². The molecule has 0 aliphatic rings. The average molecular weight is 514 g/mol. The van der Waals surface area contributed by atoms with Gasteiger partial charge < -0.3 is 9.36 Å². The van der Waals surface area contributed by atoms with Gasteiger partial charge in [0, 0.05) is 35.6 Å². The SMILES string of the molecule is CC(C)(C)c1nc(CO/N=C/c2ccn3c(-c4cccc(CC(=O)CCC(F)(F)F)c4)cnc3c2)no1. The summed E-state index contributed by atoms with van der Waals surface area (Å²) in [5.41, 5.74) is 3.41. The Kier molecular flexibility index (Phi) is 7.42. The van der Waals surface area contributed by atoms with Crippen LogP contribution in [0.3, 0.4) is 0 Å². The number of rotatable bonds is 9. The second-order valence-corrected chi connectivity index (χ2v) is 9.64. The number of oxime groups is 1. The van der Waals surface area contributed by atoms with E-state index in [2.05, 4.69) is 20.3 Å². The van der Waals surface area contributed by atoms with Gasteiger partial charge in [-0.1, -0.05) is 49.3 Å². The topological polar surface area (TPSA) is 94.9 Å². The largest absolute Gasteiger partial charge is 0.389 e. The quantitative estimate of drug-likeness (QED) is 0.211. The van der Waals surface area contributed by atoms with Crippen molar-refractivity contribution in [2.75, 3.05) is 0 Å². The van der Waals surface area contributed by atoms with Crippen LogP contribution in [0.4, 0.5) is 13.2 Å². The highest BCUT2D eigenvalue weighted by Crippen LogP contribution is 2.25. The zero-order chi connectivity index (χ0) is 26.6. The van der Waals surface area contributed by atoms with Crippen molar-refractivity contribution in [1.82, 2.24) is 19.5 Å². The fraction of sp³-hybridized carbons (Fsp3) is 0.346. The van der Waals surface area contributed by atoms with E-state index in [4.69, 9.17) is 9.36 Å². The number of hydrogen-bond acceptors (Lipinski definition) is 7.